The zero-order valence-electron chi connectivity index (χ0n) is 13.8. The molecule has 2 rings (SSSR count). The molecule has 1 N–H and O–H groups in total. The maximum atomic E-state index is 12.7. The molecule has 2 aromatic rings. The van der Waals surface area contributed by atoms with Gasteiger partial charge in [0.05, 0.1) is 10.9 Å². The van der Waals surface area contributed by atoms with Gasteiger partial charge in [0.2, 0.25) is 10.0 Å². The number of ketones is 1. The minimum absolute atomic E-state index is 0.152. The highest BCUT2D eigenvalue weighted by atomic mass is 32.2. The fourth-order valence-corrected chi connectivity index (χ4v) is 3.47. The largest absolute Gasteiger partial charge is 0.292 e. The summed E-state index contributed by atoms with van der Waals surface area (Å²) in [5.41, 5.74) is 1.46. The van der Waals surface area contributed by atoms with E-state index in [1.54, 1.807) is 48.6 Å². The van der Waals surface area contributed by atoms with Crippen molar-refractivity contribution in [1.29, 1.82) is 0 Å². The van der Waals surface area contributed by atoms with Crippen LogP contribution in [0.15, 0.2) is 71.6 Å². The highest BCUT2D eigenvalue weighted by Crippen LogP contribution is 2.14. The number of hydrogen-bond acceptors (Lipinski definition) is 3. The van der Waals surface area contributed by atoms with E-state index in [1.807, 2.05) is 19.9 Å². The van der Waals surface area contributed by atoms with Crippen LogP contribution in [0.25, 0.3) is 0 Å². The SMILES string of the molecule is C/C=C/C[C@@H](NS(=O)(=O)c1ccc(C)cc1)C(=O)c1ccccc1. The minimum Gasteiger partial charge on any atom is -0.292 e. The Morgan fingerprint density at radius 2 is 1.71 bits per heavy atom. The standard InChI is InChI=1S/C19H21NO3S/c1-3-4-10-18(19(21)16-8-6-5-7-9-16)20-24(22,23)17-13-11-15(2)12-14-17/h3-9,11-14,18,20H,10H2,1-2H3/b4-3+/t18-/m1/s1. The third-order valence-electron chi connectivity index (χ3n) is 3.61. The van der Waals surface area contributed by atoms with E-state index in [1.165, 1.54) is 12.1 Å². The van der Waals surface area contributed by atoms with Gasteiger partial charge in [-0.3, -0.25) is 4.79 Å². The number of allylic oxidation sites excluding steroid dienone is 1. The molecule has 0 fully saturated rings. The predicted octanol–water partition coefficient (Wildman–Crippen LogP) is 3.49. The Balaban J connectivity index is 2.28. The zero-order valence-corrected chi connectivity index (χ0v) is 14.6. The van der Waals surface area contributed by atoms with E-state index in [-0.39, 0.29) is 10.7 Å². The maximum Gasteiger partial charge on any atom is 0.241 e. The van der Waals surface area contributed by atoms with Crippen molar-refractivity contribution >= 4 is 15.8 Å². The first-order valence-electron chi connectivity index (χ1n) is 7.73. The number of rotatable bonds is 7. The van der Waals surface area contributed by atoms with Gasteiger partial charge in [-0.1, -0.05) is 60.2 Å². The number of benzene rings is 2. The summed E-state index contributed by atoms with van der Waals surface area (Å²) < 4.78 is 27.7. The van der Waals surface area contributed by atoms with Crippen molar-refractivity contribution in [3.05, 3.63) is 77.9 Å². The van der Waals surface area contributed by atoms with Gasteiger partial charge < -0.3 is 0 Å². The molecule has 1 atom stereocenters. The second kappa shape index (κ2) is 8.04. The van der Waals surface area contributed by atoms with E-state index >= 15 is 0 Å². The second-order valence-corrected chi connectivity index (χ2v) is 7.24. The van der Waals surface area contributed by atoms with E-state index in [0.29, 0.717) is 12.0 Å². The van der Waals surface area contributed by atoms with Crippen LogP contribution in [-0.4, -0.2) is 20.2 Å². The van der Waals surface area contributed by atoms with Crippen LogP contribution in [-0.2, 0) is 10.0 Å². The number of carbonyl (C=O) groups is 1. The number of carbonyl (C=O) groups excluding carboxylic acids is 1. The smallest absolute Gasteiger partial charge is 0.241 e. The molecular formula is C19H21NO3S. The van der Waals surface area contributed by atoms with Crippen LogP contribution in [0.1, 0.15) is 29.3 Å². The van der Waals surface area contributed by atoms with Gasteiger partial charge in [-0.25, -0.2) is 8.42 Å². The second-order valence-electron chi connectivity index (χ2n) is 5.52. The van der Waals surface area contributed by atoms with Gasteiger partial charge in [0.25, 0.3) is 0 Å². The number of Topliss-reactive ketones (excluding diaryl/α,β-unsaturated/α-hetero) is 1. The molecule has 0 unspecified atom stereocenters. The first-order valence-corrected chi connectivity index (χ1v) is 9.22. The number of aryl methyl sites for hydroxylation is 1. The van der Waals surface area contributed by atoms with E-state index in [4.69, 9.17) is 0 Å². The summed E-state index contributed by atoms with van der Waals surface area (Å²) in [6, 6.07) is 14.4. The van der Waals surface area contributed by atoms with Gasteiger partial charge in [-0.05, 0) is 32.4 Å². The molecule has 0 aliphatic heterocycles. The van der Waals surface area contributed by atoms with Crippen LogP contribution < -0.4 is 4.72 Å². The van der Waals surface area contributed by atoms with Crippen molar-refractivity contribution in [3.63, 3.8) is 0 Å². The lowest BCUT2D eigenvalue weighted by Crippen LogP contribution is -2.40. The minimum atomic E-state index is -3.76. The highest BCUT2D eigenvalue weighted by Gasteiger charge is 2.25. The average Bonchev–Trinajstić information content (AvgIpc) is 2.59. The molecular weight excluding hydrogens is 322 g/mol. The summed E-state index contributed by atoms with van der Waals surface area (Å²) >= 11 is 0. The highest BCUT2D eigenvalue weighted by molar-refractivity contribution is 7.89. The van der Waals surface area contributed by atoms with Crippen LogP contribution in [0.2, 0.25) is 0 Å². The van der Waals surface area contributed by atoms with Crippen molar-refractivity contribution in [1.82, 2.24) is 4.72 Å². The summed E-state index contributed by atoms with van der Waals surface area (Å²) in [6.07, 6.45) is 3.88. The van der Waals surface area contributed by atoms with Gasteiger partial charge in [0.1, 0.15) is 0 Å². The molecule has 0 spiro atoms. The first kappa shape index (κ1) is 18.1. The lowest BCUT2D eigenvalue weighted by Gasteiger charge is -2.16. The molecule has 4 nitrogen and oxygen atoms in total. The van der Waals surface area contributed by atoms with Crippen molar-refractivity contribution < 1.29 is 13.2 Å². The van der Waals surface area contributed by atoms with Crippen LogP contribution in [0, 0.1) is 6.92 Å². The number of nitrogens with one attached hydrogen (secondary N) is 1. The van der Waals surface area contributed by atoms with Crippen LogP contribution in [0.3, 0.4) is 0 Å². The lowest BCUT2D eigenvalue weighted by molar-refractivity contribution is 0.0954. The molecule has 0 radical (unpaired) electrons. The Labute approximate surface area is 143 Å². The summed E-state index contributed by atoms with van der Waals surface area (Å²) in [5.74, 6) is -0.246. The lowest BCUT2D eigenvalue weighted by atomic mass is 10.0. The molecule has 0 bridgehead atoms. The third-order valence-corrected chi connectivity index (χ3v) is 5.10. The van der Waals surface area contributed by atoms with Crippen LogP contribution in [0.4, 0.5) is 0 Å². The summed E-state index contributed by atoms with van der Waals surface area (Å²) in [4.78, 5) is 12.8. The van der Waals surface area contributed by atoms with Crippen LogP contribution >= 0.6 is 0 Å². The Morgan fingerprint density at radius 3 is 2.29 bits per heavy atom. The summed E-state index contributed by atoms with van der Waals surface area (Å²) in [6.45, 7) is 3.72. The predicted molar refractivity (Wildman–Crippen MR) is 95.5 cm³/mol. The molecule has 24 heavy (non-hydrogen) atoms. The average molecular weight is 343 g/mol. The molecule has 0 amide bonds. The molecule has 0 heterocycles. The molecule has 2 aromatic carbocycles. The molecule has 0 aromatic heterocycles. The van der Waals surface area contributed by atoms with Crippen molar-refractivity contribution in [2.24, 2.45) is 0 Å². The van der Waals surface area contributed by atoms with Gasteiger partial charge >= 0.3 is 0 Å². The molecule has 0 saturated carbocycles. The topological polar surface area (TPSA) is 63.2 Å². The third kappa shape index (κ3) is 4.63. The van der Waals surface area contributed by atoms with Crippen LogP contribution in [0.5, 0.6) is 0 Å². The number of sulfonamides is 1. The monoisotopic (exact) mass is 343 g/mol. The molecule has 5 heteroatoms. The normalized spacial score (nSPS) is 13.1. The first-order chi connectivity index (χ1) is 11.4. The molecule has 0 aliphatic carbocycles. The van der Waals surface area contributed by atoms with Gasteiger partial charge in [0, 0.05) is 5.56 Å². The Kier molecular flexibility index (Phi) is 6.06. The Morgan fingerprint density at radius 1 is 1.08 bits per heavy atom. The molecule has 0 aliphatic rings. The van der Waals surface area contributed by atoms with E-state index in [9.17, 15) is 13.2 Å². The van der Waals surface area contributed by atoms with E-state index in [2.05, 4.69) is 4.72 Å². The van der Waals surface area contributed by atoms with Gasteiger partial charge in [-0.15, -0.1) is 0 Å². The van der Waals surface area contributed by atoms with Gasteiger partial charge in [0.15, 0.2) is 5.78 Å². The van der Waals surface area contributed by atoms with Gasteiger partial charge in [-0.2, -0.15) is 4.72 Å². The van der Waals surface area contributed by atoms with E-state index in [0.717, 1.165) is 5.56 Å². The van der Waals surface area contributed by atoms with Crippen molar-refractivity contribution in [3.8, 4) is 0 Å². The summed E-state index contributed by atoms with van der Waals surface area (Å²) in [5, 5.41) is 0. The molecule has 0 saturated heterocycles. The Bertz CT molecular complexity index is 809. The maximum absolute atomic E-state index is 12.7. The number of hydrogen-bond donors (Lipinski definition) is 1. The Hall–Kier alpha value is -2.24. The zero-order chi connectivity index (χ0) is 17.6. The fourth-order valence-electron chi connectivity index (χ4n) is 2.26. The summed E-state index contributed by atoms with van der Waals surface area (Å²) in [7, 11) is -3.76. The van der Waals surface area contributed by atoms with Crippen molar-refractivity contribution in [2.75, 3.05) is 0 Å². The quantitative estimate of drug-likeness (QED) is 0.618. The fraction of sp³-hybridized carbons (Fsp3) is 0.211. The van der Waals surface area contributed by atoms with E-state index < -0.39 is 16.1 Å². The van der Waals surface area contributed by atoms with Crippen molar-refractivity contribution in [2.45, 2.75) is 31.2 Å². The molecule has 126 valence electrons.